The summed E-state index contributed by atoms with van der Waals surface area (Å²) in [5.74, 6) is -0.384. The summed E-state index contributed by atoms with van der Waals surface area (Å²) in [6.45, 7) is 2.24. The molecule has 1 aliphatic rings. The number of imide groups is 1. The predicted molar refractivity (Wildman–Crippen MR) is 80.3 cm³/mol. The topological polar surface area (TPSA) is 66.5 Å². The minimum absolute atomic E-state index is 0.0916. The van der Waals surface area contributed by atoms with Gasteiger partial charge in [0, 0.05) is 24.4 Å². The first-order valence-corrected chi connectivity index (χ1v) is 7.87. The third-order valence-corrected chi connectivity index (χ3v) is 4.40. The van der Waals surface area contributed by atoms with E-state index in [9.17, 15) is 14.4 Å². The van der Waals surface area contributed by atoms with Crippen LogP contribution in [0.15, 0.2) is 22.4 Å². The summed E-state index contributed by atoms with van der Waals surface area (Å²) in [5, 5.41) is 4.27. The third-order valence-electron chi connectivity index (χ3n) is 2.67. The van der Waals surface area contributed by atoms with Gasteiger partial charge in [0.15, 0.2) is 0 Å². The largest absolute Gasteiger partial charge is 0.354 e. The maximum Gasteiger partial charge on any atom is 0.293 e. The van der Waals surface area contributed by atoms with Gasteiger partial charge in [0.2, 0.25) is 5.91 Å². The molecule has 1 N–H and O–H groups in total. The second-order valence-electron chi connectivity index (χ2n) is 4.05. The van der Waals surface area contributed by atoms with Gasteiger partial charge in [0.05, 0.1) is 4.91 Å². The molecule has 2 heterocycles. The van der Waals surface area contributed by atoms with Crippen LogP contribution in [-0.2, 0) is 9.59 Å². The van der Waals surface area contributed by atoms with Gasteiger partial charge in [-0.1, -0.05) is 13.0 Å². The standard InChI is InChI=1S/C13H14N2O3S2/c1-2-11(16)14-5-6-15-12(17)10(20-13(15)18)8-9-4-3-7-19-9/h3-4,7-8H,2,5-6H2,1H3,(H,14,16). The smallest absolute Gasteiger partial charge is 0.293 e. The highest BCUT2D eigenvalue weighted by molar-refractivity contribution is 8.18. The molecule has 0 radical (unpaired) electrons. The molecule has 1 aromatic rings. The van der Waals surface area contributed by atoms with Crippen molar-refractivity contribution in [1.29, 1.82) is 0 Å². The molecule has 0 aromatic carbocycles. The van der Waals surface area contributed by atoms with Gasteiger partial charge in [-0.25, -0.2) is 0 Å². The Bertz CT molecular complexity index is 552. The van der Waals surface area contributed by atoms with Crippen LogP contribution in [0.4, 0.5) is 4.79 Å². The molecule has 1 aliphatic heterocycles. The number of carbonyl (C=O) groups excluding carboxylic acids is 3. The maximum atomic E-state index is 12.1. The molecule has 0 aliphatic carbocycles. The summed E-state index contributed by atoms with van der Waals surface area (Å²) in [6, 6.07) is 3.78. The fraction of sp³-hybridized carbons (Fsp3) is 0.308. The molecule has 3 amide bonds. The zero-order valence-corrected chi connectivity index (χ0v) is 12.6. The normalized spacial score (nSPS) is 17.1. The molecule has 1 aromatic heterocycles. The van der Waals surface area contributed by atoms with E-state index in [-0.39, 0.29) is 30.1 Å². The van der Waals surface area contributed by atoms with Crippen molar-refractivity contribution < 1.29 is 14.4 Å². The monoisotopic (exact) mass is 310 g/mol. The number of hydrogen-bond acceptors (Lipinski definition) is 5. The van der Waals surface area contributed by atoms with Crippen molar-refractivity contribution in [3.05, 3.63) is 27.3 Å². The lowest BCUT2D eigenvalue weighted by Crippen LogP contribution is -2.37. The molecule has 106 valence electrons. The van der Waals surface area contributed by atoms with Crippen LogP contribution >= 0.6 is 23.1 Å². The molecule has 20 heavy (non-hydrogen) atoms. The minimum atomic E-state index is -0.292. The van der Waals surface area contributed by atoms with E-state index in [1.54, 1.807) is 13.0 Å². The number of rotatable bonds is 5. The molecule has 0 bridgehead atoms. The lowest BCUT2D eigenvalue weighted by Gasteiger charge is -2.12. The van der Waals surface area contributed by atoms with Crippen LogP contribution in [0, 0.1) is 0 Å². The highest BCUT2D eigenvalue weighted by Crippen LogP contribution is 2.32. The fourth-order valence-corrected chi connectivity index (χ4v) is 3.22. The fourth-order valence-electron chi connectivity index (χ4n) is 1.63. The Morgan fingerprint density at radius 2 is 2.25 bits per heavy atom. The van der Waals surface area contributed by atoms with Crippen LogP contribution in [-0.4, -0.2) is 35.0 Å². The summed E-state index contributed by atoms with van der Waals surface area (Å²) in [5.41, 5.74) is 0. The van der Waals surface area contributed by atoms with Crippen molar-refractivity contribution in [2.75, 3.05) is 13.1 Å². The van der Waals surface area contributed by atoms with E-state index < -0.39 is 0 Å². The van der Waals surface area contributed by atoms with E-state index in [0.717, 1.165) is 16.6 Å². The van der Waals surface area contributed by atoms with Gasteiger partial charge in [-0.2, -0.15) is 0 Å². The second kappa shape index (κ2) is 6.71. The van der Waals surface area contributed by atoms with Crippen LogP contribution in [0.2, 0.25) is 0 Å². The van der Waals surface area contributed by atoms with Crippen LogP contribution in [0.3, 0.4) is 0 Å². The molecule has 0 saturated carbocycles. The molecule has 0 unspecified atom stereocenters. The summed E-state index contributed by atoms with van der Waals surface area (Å²) in [4.78, 5) is 37.5. The molecular weight excluding hydrogens is 296 g/mol. The zero-order valence-electron chi connectivity index (χ0n) is 10.9. The Morgan fingerprint density at radius 1 is 1.45 bits per heavy atom. The zero-order chi connectivity index (χ0) is 14.5. The number of thiophene rings is 1. The Balaban J connectivity index is 1.97. The molecule has 7 heteroatoms. The number of nitrogens with one attached hydrogen (secondary N) is 1. The number of hydrogen-bond donors (Lipinski definition) is 1. The lowest BCUT2D eigenvalue weighted by atomic mass is 10.3. The Kier molecular flexibility index (Phi) is 4.97. The van der Waals surface area contributed by atoms with E-state index in [1.807, 2.05) is 17.5 Å². The molecule has 0 spiro atoms. The van der Waals surface area contributed by atoms with Crippen LogP contribution in [0.25, 0.3) is 6.08 Å². The molecule has 1 fully saturated rings. The van der Waals surface area contributed by atoms with Gasteiger partial charge in [-0.05, 0) is 29.3 Å². The van der Waals surface area contributed by atoms with Gasteiger partial charge in [-0.3, -0.25) is 19.3 Å². The molecular formula is C13H14N2O3S2. The van der Waals surface area contributed by atoms with Crippen molar-refractivity contribution in [3.63, 3.8) is 0 Å². The summed E-state index contributed by atoms with van der Waals surface area (Å²) in [6.07, 6.45) is 2.11. The third kappa shape index (κ3) is 3.49. The molecule has 5 nitrogen and oxygen atoms in total. The maximum absolute atomic E-state index is 12.1. The van der Waals surface area contributed by atoms with E-state index >= 15 is 0 Å². The van der Waals surface area contributed by atoms with Crippen molar-refractivity contribution >= 4 is 46.2 Å². The minimum Gasteiger partial charge on any atom is -0.354 e. The molecule has 1 saturated heterocycles. The van der Waals surface area contributed by atoms with Crippen molar-refractivity contribution in [2.45, 2.75) is 13.3 Å². The van der Waals surface area contributed by atoms with Gasteiger partial charge < -0.3 is 5.32 Å². The summed E-state index contributed by atoms with van der Waals surface area (Å²) < 4.78 is 0. The molecule has 2 rings (SSSR count). The van der Waals surface area contributed by atoms with Gasteiger partial charge in [0.25, 0.3) is 11.1 Å². The van der Waals surface area contributed by atoms with Gasteiger partial charge >= 0.3 is 0 Å². The Hall–Kier alpha value is -1.60. The highest BCUT2D eigenvalue weighted by atomic mass is 32.2. The van der Waals surface area contributed by atoms with Crippen LogP contribution in [0.1, 0.15) is 18.2 Å². The quantitative estimate of drug-likeness (QED) is 0.848. The van der Waals surface area contributed by atoms with Crippen molar-refractivity contribution in [1.82, 2.24) is 10.2 Å². The second-order valence-corrected chi connectivity index (χ2v) is 6.02. The number of thioether (sulfide) groups is 1. The van der Waals surface area contributed by atoms with E-state index in [4.69, 9.17) is 0 Å². The van der Waals surface area contributed by atoms with Crippen molar-refractivity contribution in [3.8, 4) is 0 Å². The van der Waals surface area contributed by atoms with Crippen molar-refractivity contribution in [2.24, 2.45) is 0 Å². The Morgan fingerprint density at radius 3 is 2.90 bits per heavy atom. The first-order valence-electron chi connectivity index (χ1n) is 6.17. The van der Waals surface area contributed by atoms with Gasteiger partial charge in [0.1, 0.15) is 0 Å². The molecule has 0 atom stereocenters. The van der Waals surface area contributed by atoms with Crippen LogP contribution in [0.5, 0.6) is 0 Å². The van der Waals surface area contributed by atoms with E-state index in [1.165, 1.54) is 16.2 Å². The average Bonchev–Trinajstić information content (AvgIpc) is 3.02. The summed E-state index contributed by atoms with van der Waals surface area (Å²) >= 11 is 2.45. The van der Waals surface area contributed by atoms with Crippen LogP contribution < -0.4 is 5.32 Å². The SMILES string of the molecule is CCC(=O)NCCN1C(=O)SC(=Cc2cccs2)C1=O. The number of amides is 3. The Labute approximate surface area is 125 Å². The predicted octanol–water partition coefficient (Wildman–Crippen LogP) is 2.31. The van der Waals surface area contributed by atoms with Gasteiger partial charge in [-0.15, -0.1) is 11.3 Å². The number of nitrogens with zero attached hydrogens (tertiary/aromatic N) is 1. The summed E-state index contributed by atoms with van der Waals surface area (Å²) in [7, 11) is 0. The van der Waals surface area contributed by atoms with E-state index in [0.29, 0.717) is 11.3 Å². The average molecular weight is 310 g/mol. The lowest BCUT2D eigenvalue weighted by molar-refractivity contribution is -0.124. The first-order chi connectivity index (χ1) is 9.61. The highest BCUT2D eigenvalue weighted by Gasteiger charge is 2.34. The van der Waals surface area contributed by atoms with E-state index in [2.05, 4.69) is 5.32 Å². The number of carbonyl (C=O) groups is 3. The first kappa shape index (κ1) is 14.8.